The fourth-order valence-electron chi connectivity index (χ4n) is 2.52. The molecule has 0 saturated carbocycles. The molecule has 0 spiro atoms. The van der Waals surface area contributed by atoms with Crippen LogP contribution in [0.4, 0.5) is 28.7 Å². The highest BCUT2D eigenvalue weighted by atomic mass is 35.5. The normalized spacial score (nSPS) is 10.8. The van der Waals surface area contributed by atoms with Crippen molar-refractivity contribution in [2.75, 3.05) is 31.3 Å². The summed E-state index contributed by atoms with van der Waals surface area (Å²) in [5.74, 6) is 1.04. The Kier molecular flexibility index (Phi) is 7.21. The fourth-order valence-corrected chi connectivity index (χ4v) is 2.69. The summed E-state index contributed by atoms with van der Waals surface area (Å²) in [6, 6.07) is 8.37. The maximum atomic E-state index is 7.29. The molecule has 0 fully saturated rings. The average Bonchev–Trinajstić information content (AvgIpc) is 2.77. The zero-order valence-electron chi connectivity index (χ0n) is 16.2. The van der Waals surface area contributed by atoms with Crippen molar-refractivity contribution in [2.45, 2.75) is 6.42 Å². The number of rotatable bonds is 8. The lowest BCUT2D eigenvalue weighted by Gasteiger charge is -2.11. The molecule has 0 unspecified atom stereocenters. The zero-order chi connectivity index (χ0) is 21.3. The van der Waals surface area contributed by atoms with Gasteiger partial charge in [0.1, 0.15) is 0 Å². The van der Waals surface area contributed by atoms with Crippen molar-refractivity contribution in [3.8, 4) is 11.4 Å². The number of nitrogens with one attached hydrogen (secondary N) is 1. The minimum atomic E-state index is 0.160. The quantitative estimate of drug-likeness (QED) is 0.293. The summed E-state index contributed by atoms with van der Waals surface area (Å²) in [5.41, 5.74) is 7.90. The highest BCUT2D eigenvalue weighted by Crippen LogP contribution is 2.36. The van der Waals surface area contributed by atoms with E-state index < -0.39 is 0 Å². The average molecular weight is 423 g/mol. The van der Waals surface area contributed by atoms with E-state index in [0.29, 0.717) is 35.5 Å². The van der Waals surface area contributed by atoms with E-state index in [9.17, 15) is 0 Å². The lowest BCUT2D eigenvalue weighted by atomic mass is 10.2. The molecule has 0 aliphatic rings. The van der Waals surface area contributed by atoms with Crippen LogP contribution >= 0.6 is 11.6 Å². The van der Waals surface area contributed by atoms with Crippen LogP contribution < -0.4 is 11.1 Å². The second-order valence-corrected chi connectivity index (χ2v) is 6.52. The Bertz CT molecular complexity index is 1080. The van der Waals surface area contributed by atoms with E-state index in [1.54, 1.807) is 43.8 Å². The molecule has 30 heavy (non-hydrogen) atoms. The molecule has 0 aliphatic carbocycles. The monoisotopic (exact) mass is 422 g/mol. The van der Waals surface area contributed by atoms with E-state index in [4.69, 9.17) is 28.6 Å². The van der Waals surface area contributed by atoms with Crippen LogP contribution in [-0.4, -0.2) is 35.2 Å². The maximum absolute atomic E-state index is 7.29. The molecule has 1 aromatic carbocycles. The first kappa shape index (κ1) is 21.1. The predicted octanol–water partition coefficient (Wildman–Crippen LogP) is 5.19. The molecule has 0 radical (unpaired) electrons. The van der Waals surface area contributed by atoms with E-state index in [1.165, 1.54) is 6.07 Å². The Hall–Kier alpha value is -3.61. The van der Waals surface area contributed by atoms with Gasteiger partial charge in [0.05, 0.1) is 12.3 Å². The van der Waals surface area contributed by atoms with Gasteiger partial charge in [-0.3, -0.25) is 4.98 Å². The molecule has 10 heteroatoms. The highest BCUT2D eigenvalue weighted by Gasteiger charge is 2.14. The Morgan fingerprint density at radius 1 is 1.20 bits per heavy atom. The number of azo groups is 1. The van der Waals surface area contributed by atoms with Gasteiger partial charge in [0.25, 0.3) is 0 Å². The van der Waals surface area contributed by atoms with Crippen LogP contribution in [-0.2, 0) is 4.74 Å². The van der Waals surface area contributed by atoms with Crippen molar-refractivity contribution in [3.05, 3.63) is 59.2 Å². The van der Waals surface area contributed by atoms with Gasteiger partial charge in [-0.15, -0.1) is 5.11 Å². The topological polar surface area (TPSA) is 115 Å². The molecule has 2 aromatic heterocycles. The molecule has 0 saturated heterocycles. The number of aromatic nitrogens is 3. The zero-order valence-corrected chi connectivity index (χ0v) is 17.0. The summed E-state index contributed by atoms with van der Waals surface area (Å²) in [5, 5.41) is 12.1. The van der Waals surface area contributed by atoms with E-state index in [1.807, 2.05) is 0 Å². The van der Waals surface area contributed by atoms with Crippen LogP contribution in [0.3, 0.4) is 0 Å². The SMILES string of the molecule is [C-]#[N+]c1cc(Cl)ccc1N=Nc1c(N)nc(-c2ccncc2)nc1NCCCOC. The first-order chi connectivity index (χ1) is 14.6. The van der Waals surface area contributed by atoms with E-state index in [2.05, 4.69) is 35.3 Å². The molecule has 0 aliphatic heterocycles. The second kappa shape index (κ2) is 10.2. The minimum absolute atomic E-state index is 0.160. The Labute approximate surface area is 178 Å². The van der Waals surface area contributed by atoms with Crippen molar-refractivity contribution in [2.24, 2.45) is 10.2 Å². The van der Waals surface area contributed by atoms with Gasteiger partial charge in [-0.05, 0) is 36.8 Å². The molecular formula is C20H19ClN8O. The summed E-state index contributed by atoms with van der Waals surface area (Å²) < 4.78 is 5.08. The Morgan fingerprint density at radius 2 is 2.00 bits per heavy atom. The van der Waals surface area contributed by atoms with Crippen molar-refractivity contribution in [1.82, 2.24) is 15.0 Å². The first-order valence-electron chi connectivity index (χ1n) is 9.02. The van der Waals surface area contributed by atoms with Crippen molar-refractivity contribution in [3.63, 3.8) is 0 Å². The van der Waals surface area contributed by atoms with Gasteiger partial charge in [0, 0.05) is 43.2 Å². The molecule has 152 valence electrons. The molecule has 0 bridgehead atoms. The number of pyridine rings is 1. The second-order valence-electron chi connectivity index (χ2n) is 6.08. The van der Waals surface area contributed by atoms with Crippen molar-refractivity contribution < 1.29 is 4.74 Å². The number of nitrogens with zero attached hydrogens (tertiary/aromatic N) is 6. The molecule has 0 amide bonds. The third-order valence-corrected chi connectivity index (χ3v) is 4.22. The molecule has 3 aromatic rings. The summed E-state index contributed by atoms with van der Waals surface area (Å²) in [6.07, 6.45) is 4.07. The number of nitrogens with two attached hydrogens (primary N) is 1. The smallest absolute Gasteiger partial charge is 0.215 e. The van der Waals surface area contributed by atoms with E-state index >= 15 is 0 Å². The molecule has 2 heterocycles. The van der Waals surface area contributed by atoms with E-state index in [0.717, 1.165) is 12.0 Å². The number of halogens is 1. The van der Waals surface area contributed by atoms with Crippen LogP contribution in [0.15, 0.2) is 53.0 Å². The summed E-state index contributed by atoms with van der Waals surface area (Å²) in [4.78, 5) is 16.4. The van der Waals surface area contributed by atoms with Crippen LogP contribution in [0.1, 0.15) is 6.42 Å². The molecule has 3 N–H and O–H groups in total. The van der Waals surface area contributed by atoms with Gasteiger partial charge in [-0.1, -0.05) is 11.6 Å². The summed E-state index contributed by atoms with van der Waals surface area (Å²) in [7, 11) is 1.64. The van der Waals surface area contributed by atoms with Gasteiger partial charge in [-0.25, -0.2) is 14.8 Å². The lowest BCUT2D eigenvalue weighted by molar-refractivity contribution is 0.198. The maximum Gasteiger partial charge on any atom is 0.215 e. The number of ether oxygens (including phenoxy) is 1. The van der Waals surface area contributed by atoms with Gasteiger partial charge in [0.2, 0.25) is 5.69 Å². The number of benzene rings is 1. The Morgan fingerprint density at radius 3 is 2.73 bits per heavy atom. The summed E-state index contributed by atoms with van der Waals surface area (Å²) >= 11 is 5.94. The van der Waals surface area contributed by atoms with Gasteiger partial charge in [0.15, 0.2) is 23.1 Å². The molecule has 0 atom stereocenters. The number of anilines is 2. The van der Waals surface area contributed by atoms with Crippen LogP contribution in [0.5, 0.6) is 0 Å². The standard InChI is InChI=1S/C20H19ClN8O/c1-23-16-12-14(21)4-5-15(16)28-29-17-18(22)26-19(13-6-9-24-10-7-13)27-20(17)25-8-3-11-30-2/h4-7,9-10,12H,3,8,11H2,2H3,(H3,22,25,26,27). The van der Waals surface area contributed by atoms with E-state index in [-0.39, 0.29) is 17.2 Å². The predicted molar refractivity (Wildman–Crippen MR) is 117 cm³/mol. The summed E-state index contributed by atoms with van der Waals surface area (Å²) in [6.45, 7) is 8.48. The first-order valence-corrected chi connectivity index (χ1v) is 9.39. The number of nitrogen functional groups attached to an aromatic ring is 1. The lowest BCUT2D eigenvalue weighted by Crippen LogP contribution is -2.09. The van der Waals surface area contributed by atoms with Crippen molar-refractivity contribution >= 4 is 40.3 Å². The fraction of sp³-hybridized carbons (Fsp3) is 0.200. The van der Waals surface area contributed by atoms with Crippen LogP contribution in [0.2, 0.25) is 5.02 Å². The molecular weight excluding hydrogens is 404 g/mol. The van der Waals surface area contributed by atoms with Gasteiger partial charge in [-0.2, -0.15) is 5.11 Å². The van der Waals surface area contributed by atoms with Crippen molar-refractivity contribution in [1.29, 1.82) is 0 Å². The third-order valence-electron chi connectivity index (χ3n) is 3.98. The number of hydrogen-bond donors (Lipinski definition) is 2. The minimum Gasteiger partial charge on any atom is -0.385 e. The number of methoxy groups -OCH3 is 1. The number of hydrogen-bond acceptors (Lipinski definition) is 8. The largest absolute Gasteiger partial charge is 0.385 e. The highest BCUT2D eigenvalue weighted by molar-refractivity contribution is 6.31. The molecule has 9 nitrogen and oxygen atoms in total. The molecule has 3 rings (SSSR count). The van der Waals surface area contributed by atoms with Crippen LogP contribution in [0, 0.1) is 6.57 Å². The third kappa shape index (κ3) is 5.26. The van der Waals surface area contributed by atoms with Gasteiger partial charge < -0.3 is 15.8 Å². The van der Waals surface area contributed by atoms with Gasteiger partial charge >= 0.3 is 0 Å². The van der Waals surface area contributed by atoms with Crippen LogP contribution in [0.25, 0.3) is 16.2 Å². The Balaban J connectivity index is 1.98.